The molecule has 1 fully saturated rings. The van der Waals surface area contributed by atoms with Gasteiger partial charge < -0.3 is 15.4 Å². The number of ether oxygens (including phenoxy) is 1. The van der Waals surface area contributed by atoms with Crippen LogP contribution in [0.3, 0.4) is 0 Å². The molecule has 1 aromatic heterocycles. The van der Waals surface area contributed by atoms with Crippen LogP contribution in [0.15, 0.2) is 53.7 Å². The normalized spacial score (nSPS) is 16.1. The molecule has 1 unspecified atom stereocenters. The molecule has 0 radical (unpaired) electrons. The first kappa shape index (κ1) is 23.0. The lowest BCUT2D eigenvalue weighted by Crippen LogP contribution is -2.41. The number of nitro groups is 1. The van der Waals surface area contributed by atoms with Crippen LogP contribution in [0.1, 0.15) is 17.7 Å². The number of rotatable bonds is 8. The second kappa shape index (κ2) is 12.3. The highest BCUT2D eigenvalue weighted by Gasteiger charge is 2.15. The van der Waals surface area contributed by atoms with Gasteiger partial charge in [0.05, 0.1) is 18.1 Å². The summed E-state index contributed by atoms with van der Waals surface area (Å²) in [5.74, 6) is 1.21. The van der Waals surface area contributed by atoms with Crippen molar-refractivity contribution < 1.29 is 9.66 Å². The summed E-state index contributed by atoms with van der Waals surface area (Å²) in [6.07, 6.45) is 3.64. The summed E-state index contributed by atoms with van der Waals surface area (Å²) in [6.45, 7) is 3.54. The quantitative estimate of drug-likeness (QED) is 0.186. The van der Waals surface area contributed by atoms with E-state index in [1.807, 2.05) is 18.2 Å². The van der Waals surface area contributed by atoms with E-state index < -0.39 is 4.92 Å². The van der Waals surface area contributed by atoms with Crippen LogP contribution >= 0.6 is 24.0 Å². The second-order valence-corrected chi connectivity index (χ2v) is 6.70. The van der Waals surface area contributed by atoms with E-state index >= 15 is 0 Å². The Morgan fingerprint density at radius 2 is 2.07 bits per heavy atom. The van der Waals surface area contributed by atoms with Crippen molar-refractivity contribution in [3.8, 4) is 0 Å². The van der Waals surface area contributed by atoms with Crippen molar-refractivity contribution in [1.29, 1.82) is 0 Å². The van der Waals surface area contributed by atoms with E-state index in [0.717, 1.165) is 49.8 Å². The average molecular weight is 511 g/mol. The third kappa shape index (κ3) is 7.94. The summed E-state index contributed by atoms with van der Waals surface area (Å²) in [5.41, 5.74) is 2.02. The van der Waals surface area contributed by atoms with Crippen LogP contribution in [0.5, 0.6) is 0 Å². The van der Waals surface area contributed by atoms with Gasteiger partial charge in [0.25, 0.3) is 5.69 Å². The summed E-state index contributed by atoms with van der Waals surface area (Å²) in [7, 11) is 0. The van der Waals surface area contributed by atoms with Crippen molar-refractivity contribution >= 4 is 35.6 Å². The van der Waals surface area contributed by atoms with Crippen LogP contribution in [0.4, 0.5) is 5.69 Å². The molecular weight excluding hydrogens is 485 g/mol. The Morgan fingerprint density at radius 1 is 1.24 bits per heavy atom. The number of hydrogen-bond donors (Lipinski definition) is 2. The molecule has 9 heteroatoms. The molecule has 1 saturated heterocycles. The molecule has 2 aromatic rings. The number of benzene rings is 1. The fourth-order valence-electron chi connectivity index (χ4n) is 2.91. The molecule has 1 aliphatic heterocycles. The Bertz CT molecular complexity index is 780. The summed E-state index contributed by atoms with van der Waals surface area (Å²) < 4.78 is 5.42. The van der Waals surface area contributed by atoms with E-state index in [4.69, 9.17) is 4.74 Å². The summed E-state index contributed by atoms with van der Waals surface area (Å²) in [5, 5.41) is 17.5. The Hall–Kier alpha value is -2.27. The minimum atomic E-state index is -0.400. The molecule has 1 aromatic carbocycles. The van der Waals surface area contributed by atoms with Gasteiger partial charge in [-0.2, -0.15) is 0 Å². The van der Waals surface area contributed by atoms with Gasteiger partial charge in [-0.15, -0.1) is 24.0 Å². The molecule has 1 atom stereocenters. The molecule has 3 rings (SSSR count). The molecule has 0 amide bonds. The molecular formula is C20H26IN5O3. The van der Waals surface area contributed by atoms with Crippen LogP contribution in [-0.2, 0) is 17.7 Å². The third-order valence-corrected chi connectivity index (χ3v) is 4.55. The highest BCUT2D eigenvalue weighted by atomic mass is 127. The monoisotopic (exact) mass is 511 g/mol. The number of nitro benzene ring substituents is 1. The van der Waals surface area contributed by atoms with Gasteiger partial charge >= 0.3 is 0 Å². The van der Waals surface area contributed by atoms with Gasteiger partial charge in [-0.25, -0.2) is 4.99 Å². The topological polar surface area (TPSA) is 102 Å². The molecule has 1 aliphatic rings. The van der Waals surface area contributed by atoms with E-state index in [1.54, 1.807) is 18.3 Å². The van der Waals surface area contributed by atoms with Gasteiger partial charge in [-0.3, -0.25) is 15.1 Å². The van der Waals surface area contributed by atoms with E-state index in [0.29, 0.717) is 19.0 Å². The Morgan fingerprint density at radius 3 is 2.72 bits per heavy atom. The average Bonchev–Trinajstić information content (AvgIpc) is 3.24. The number of non-ortho nitro benzene ring substituents is 1. The van der Waals surface area contributed by atoms with Crippen molar-refractivity contribution in [3.05, 3.63) is 70.0 Å². The van der Waals surface area contributed by atoms with Crippen LogP contribution in [0.2, 0.25) is 0 Å². The second-order valence-electron chi connectivity index (χ2n) is 6.70. The molecule has 8 nitrogen and oxygen atoms in total. The number of guanidine groups is 1. The molecule has 2 N–H and O–H groups in total. The first-order chi connectivity index (χ1) is 13.7. The highest BCUT2D eigenvalue weighted by molar-refractivity contribution is 14.0. The van der Waals surface area contributed by atoms with Crippen LogP contribution in [0, 0.1) is 16.0 Å². The minimum Gasteiger partial charge on any atom is -0.381 e. The number of nitrogens with one attached hydrogen (secondary N) is 2. The number of hydrogen-bond acceptors (Lipinski definition) is 5. The lowest BCUT2D eigenvalue weighted by Gasteiger charge is -2.15. The van der Waals surface area contributed by atoms with E-state index in [9.17, 15) is 10.1 Å². The van der Waals surface area contributed by atoms with Crippen molar-refractivity contribution in [3.63, 3.8) is 0 Å². The first-order valence-corrected chi connectivity index (χ1v) is 9.44. The maximum absolute atomic E-state index is 10.8. The van der Waals surface area contributed by atoms with Crippen molar-refractivity contribution in [2.75, 3.05) is 26.3 Å². The van der Waals surface area contributed by atoms with Gasteiger partial charge in [0.15, 0.2) is 5.96 Å². The fraction of sp³-hybridized carbons (Fsp3) is 0.400. The summed E-state index contributed by atoms with van der Waals surface area (Å²) in [6, 6.07) is 12.3. The van der Waals surface area contributed by atoms with Gasteiger partial charge in [0.2, 0.25) is 0 Å². The van der Waals surface area contributed by atoms with E-state index in [1.165, 1.54) is 12.1 Å². The molecule has 0 saturated carbocycles. The molecule has 156 valence electrons. The van der Waals surface area contributed by atoms with E-state index in [-0.39, 0.29) is 29.7 Å². The zero-order valence-electron chi connectivity index (χ0n) is 16.1. The number of aromatic nitrogens is 1. The number of halogens is 1. The van der Waals surface area contributed by atoms with Crippen molar-refractivity contribution in [1.82, 2.24) is 15.6 Å². The number of pyridine rings is 1. The maximum atomic E-state index is 10.8. The zero-order valence-corrected chi connectivity index (χ0v) is 18.5. The SMILES string of the molecule is I.O=[N+]([O-])c1ccc(CN=C(NCCc2ccccn2)NCC2CCOC2)cc1. The Kier molecular flexibility index (Phi) is 9.78. The van der Waals surface area contributed by atoms with Crippen LogP contribution in [-0.4, -0.2) is 42.2 Å². The number of aliphatic imine (C=N–C) groups is 1. The molecule has 29 heavy (non-hydrogen) atoms. The molecule has 0 spiro atoms. The van der Waals surface area contributed by atoms with Crippen molar-refractivity contribution in [2.45, 2.75) is 19.4 Å². The Balaban J connectivity index is 0.00000300. The summed E-state index contributed by atoms with van der Waals surface area (Å²) >= 11 is 0. The number of nitrogens with zero attached hydrogens (tertiary/aromatic N) is 3. The molecule has 0 bridgehead atoms. The zero-order chi connectivity index (χ0) is 19.6. The lowest BCUT2D eigenvalue weighted by molar-refractivity contribution is -0.384. The van der Waals surface area contributed by atoms with Gasteiger partial charge in [-0.1, -0.05) is 18.2 Å². The van der Waals surface area contributed by atoms with Gasteiger partial charge in [0.1, 0.15) is 0 Å². The lowest BCUT2D eigenvalue weighted by atomic mass is 10.1. The van der Waals surface area contributed by atoms with E-state index in [2.05, 4.69) is 20.6 Å². The smallest absolute Gasteiger partial charge is 0.269 e. The first-order valence-electron chi connectivity index (χ1n) is 9.44. The van der Waals surface area contributed by atoms with Gasteiger partial charge in [0, 0.05) is 56.1 Å². The fourth-order valence-corrected chi connectivity index (χ4v) is 2.91. The minimum absolute atomic E-state index is 0. The maximum Gasteiger partial charge on any atom is 0.269 e. The van der Waals surface area contributed by atoms with Crippen LogP contribution in [0.25, 0.3) is 0 Å². The third-order valence-electron chi connectivity index (χ3n) is 4.55. The Labute approximate surface area is 187 Å². The van der Waals surface area contributed by atoms with Gasteiger partial charge in [-0.05, 0) is 24.1 Å². The highest BCUT2D eigenvalue weighted by Crippen LogP contribution is 2.13. The molecule has 0 aliphatic carbocycles. The standard InChI is InChI=1S/C20H25N5O3.HI/c26-25(27)19-6-4-16(5-7-19)13-23-20(24-14-17-9-12-28-15-17)22-11-8-18-3-1-2-10-21-18;/h1-7,10,17H,8-9,11-15H2,(H2,22,23,24);1H. The largest absolute Gasteiger partial charge is 0.381 e. The van der Waals surface area contributed by atoms with Crippen LogP contribution < -0.4 is 10.6 Å². The predicted molar refractivity (Wildman–Crippen MR) is 123 cm³/mol. The predicted octanol–water partition coefficient (Wildman–Crippen LogP) is 2.92. The van der Waals surface area contributed by atoms with Crippen molar-refractivity contribution in [2.24, 2.45) is 10.9 Å². The summed E-state index contributed by atoms with van der Waals surface area (Å²) in [4.78, 5) is 19.3. The molecule has 2 heterocycles.